The number of hydrogen-bond acceptors (Lipinski definition) is 5. The first-order chi connectivity index (χ1) is 16.0. The van der Waals surface area contributed by atoms with Crippen molar-refractivity contribution >= 4 is 5.97 Å². The Bertz CT molecular complexity index is 1050. The van der Waals surface area contributed by atoms with Crippen molar-refractivity contribution in [3.05, 3.63) is 121 Å². The highest BCUT2D eigenvalue weighted by Gasteiger charge is 2.11. The smallest absolute Gasteiger partial charge is 0.343 e. The van der Waals surface area contributed by atoms with Crippen molar-refractivity contribution in [3.8, 4) is 23.0 Å². The molecule has 0 saturated carbocycles. The molecule has 1 N–H and O–H groups in total. The number of carbonyl (C=O) groups excluding carboxylic acids is 1. The molecule has 0 aliphatic rings. The van der Waals surface area contributed by atoms with Gasteiger partial charge in [0, 0.05) is 5.57 Å². The maximum atomic E-state index is 12.2. The lowest BCUT2D eigenvalue weighted by molar-refractivity contribution is -0.129. The van der Waals surface area contributed by atoms with E-state index in [1.807, 2.05) is 19.9 Å². The van der Waals surface area contributed by atoms with Gasteiger partial charge < -0.3 is 19.3 Å². The van der Waals surface area contributed by atoms with Crippen LogP contribution in [0.5, 0.6) is 23.0 Å². The summed E-state index contributed by atoms with van der Waals surface area (Å²) in [4.78, 5) is 12.2. The normalized spacial score (nSPS) is 13.1. The minimum absolute atomic E-state index is 0.397. The maximum absolute atomic E-state index is 12.2. The van der Waals surface area contributed by atoms with Gasteiger partial charge in [-0.05, 0) is 68.5 Å². The van der Waals surface area contributed by atoms with Crippen LogP contribution in [0.2, 0.25) is 0 Å². The molecular formula is C28H28O5. The second-order valence-electron chi connectivity index (χ2n) is 6.66. The Hall–Kier alpha value is -4.09. The van der Waals surface area contributed by atoms with Gasteiger partial charge in [-0.1, -0.05) is 55.7 Å². The van der Waals surface area contributed by atoms with Gasteiger partial charge in [-0.3, -0.25) is 0 Å². The summed E-state index contributed by atoms with van der Waals surface area (Å²) >= 11 is 0. The maximum Gasteiger partial charge on any atom is 0.343 e. The molecule has 0 radical (unpaired) electrons. The summed E-state index contributed by atoms with van der Waals surface area (Å²) in [6.07, 6.45) is 12.2. The van der Waals surface area contributed by atoms with Gasteiger partial charge in [0.1, 0.15) is 23.0 Å². The molecule has 1 unspecified atom stereocenters. The molecule has 1 atom stereocenters. The fourth-order valence-electron chi connectivity index (χ4n) is 2.71. The first-order valence-electron chi connectivity index (χ1n) is 10.4. The van der Waals surface area contributed by atoms with Crippen LogP contribution in [0.3, 0.4) is 0 Å². The molecule has 0 spiro atoms. The highest BCUT2D eigenvalue weighted by molar-refractivity contribution is 5.93. The number of ether oxygens (including phenoxy) is 3. The van der Waals surface area contributed by atoms with Gasteiger partial charge in [0.05, 0.1) is 5.57 Å². The minimum atomic E-state index is -1.11. The summed E-state index contributed by atoms with van der Waals surface area (Å²) in [5, 5.41) is 10.2. The molecule has 2 aromatic carbocycles. The van der Waals surface area contributed by atoms with Crippen molar-refractivity contribution in [2.45, 2.75) is 20.1 Å². The zero-order chi connectivity index (χ0) is 24.1. The number of esters is 1. The number of aliphatic hydroxyl groups excluding tert-OH is 1. The average molecular weight is 445 g/mol. The van der Waals surface area contributed by atoms with E-state index < -0.39 is 12.3 Å². The summed E-state index contributed by atoms with van der Waals surface area (Å²) in [5.41, 5.74) is 0.990. The van der Waals surface area contributed by atoms with E-state index in [0.717, 1.165) is 0 Å². The zero-order valence-corrected chi connectivity index (χ0v) is 18.8. The second-order valence-corrected chi connectivity index (χ2v) is 6.66. The Kier molecular flexibility index (Phi) is 10.2. The van der Waals surface area contributed by atoms with Gasteiger partial charge >= 0.3 is 5.97 Å². The summed E-state index contributed by atoms with van der Waals surface area (Å²) in [6.45, 7) is 10.9. The van der Waals surface area contributed by atoms with Crippen LogP contribution in [0.15, 0.2) is 121 Å². The van der Waals surface area contributed by atoms with Crippen LogP contribution in [0.25, 0.3) is 0 Å². The van der Waals surface area contributed by atoms with Crippen LogP contribution in [0, 0.1) is 0 Å². The summed E-state index contributed by atoms with van der Waals surface area (Å²) in [5.74, 6) is 1.57. The first-order valence-corrected chi connectivity index (χ1v) is 10.4. The van der Waals surface area contributed by atoms with Crippen LogP contribution in [-0.4, -0.2) is 17.4 Å². The van der Waals surface area contributed by atoms with Gasteiger partial charge in [0.15, 0.2) is 0 Å². The average Bonchev–Trinajstić information content (AvgIpc) is 2.81. The Labute approximate surface area is 194 Å². The zero-order valence-electron chi connectivity index (χ0n) is 18.8. The third-order valence-electron chi connectivity index (χ3n) is 4.18. The van der Waals surface area contributed by atoms with E-state index in [1.54, 1.807) is 85.0 Å². The molecule has 5 heteroatoms. The van der Waals surface area contributed by atoms with Crippen molar-refractivity contribution in [3.63, 3.8) is 0 Å². The fraction of sp³-hybridized carbons (Fsp3) is 0.107. The molecule has 0 aliphatic heterocycles. The Balaban J connectivity index is 1.99. The van der Waals surface area contributed by atoms with E-state index in [1.165, 1.54) is 6.08 Å². The summed E-state index contributed by atoms with van der Waals surface area (Å²) in [7, 11) is 0. The molecule has 0 bridgehead atoms. The molecular weight excluding hydrogens is 416 g/mol. The number of hydrogen-bond donors (Lipinski definition) is 1. The third kappa shape index (κ3) is 8.16. The van der Waals surface area contributed by atoms with Gasteiger partial charge in [-0.15, -0.1) is 0 Å². The molecule has 5 nitrogen and oxygen atoms in total. The van der Waals surface area contributed by atoms with E-state index in [2.05, 4.69) is 13.2 Å². The third-order valence-corrected chi connectivity index (χ3v) is 4.18. The highest BCUT2D eigenvalue weighted by Crippen LogP contribution is 2.26. The fourth-order valence-corrected chi connectivity index (χ4v) is 2.71. The van der Waals surface area contributed by atoms with Crippen LogP contribution < -0.4 is 14.2 Å². The van der Waals surface area contributed by atoms with Crippen molar-refractivity contribution in [1.82, 2.24) is 0 Å². The molecule has 0 fully saturated rings. The quantitative estimate of drug-likeness (QED) is 0.142. The van der Waals surface area contributed by atoms with Gasteiger partial charge in [-0.25, -0.2) is 4.79 Å². The topological polar surface area (TPSA) is 65.0 Å². The molecule has 33 heavy (non-hydrogen) atoms. The monoisotopic (exact) mass is 444 g/mol. The molecule has 0 saturated heterocycles. The molecule has 2 rings (SSSR count). The van der Waals surface area contributed by atoms with Gasteiger partial charge in [0.25, 0.3) is 0 Å². The number of allylic oxidation sites excluding steroid dienone is 6. The van der Waals surface area contributed by atoms with Crippen molar-refractivity contribution in [2.24, 2.45) is 0 Å². The van der Waals surface area contributed by atoms with Crippen LogP contribution in [0.4, 0.5) is 0 Å². The largest absolute Gasteiger partial charge is 0.461 e. The molecule has 0 amide bonds. The lowest BCUT2D eigenvalue weighted by Gasteiger charge is -2.15. The standard InChI is InChI=1S/C28H28O5/c1-5-9-21(10-6-2)27(29)32-25-17-13-23(14-18-25)31-24-15-19-26(20-16-24)33-28(30)22(11-7-3)12-8-4/h5-20,27,29H,1,3H2,2,4H3/b10-6-,12-8-,21-9+,22-11+. The van der Waals surface area contributed by atoms with Gasteiger partial charge in [0.2, 0.25) is 6.29 Å². The van der Waals surface area contributed by atoms with Crippen molar-refractivity contribution < 1.29 is 24.1 Å². The number of rotatable bonds is 11. The first kappa shape index (κ1) is 25.2. The van der Waals surface area contributed by atoms with E-state index in [0.29, 0.717) is 34.1 Å². The summed E-state index contributed by atoms with van der Waals surface area (Å²) in [6, 6.07) is 13.6. The molecule has 0 heterocycles. The van der Waals surface area contributed by atoms with E-state index in [4.69, 9.17) is 14.2 Å². The van der Waals surface area contributed by atoms with Gasteiger partial charge in [-0.2, -0.15) is 0 Å². The highest BCUT2D eigenvalue weighted by atomic mass is 16.6. The van der Waals surface area contributed by atoms with Crippen molar-refractivity contribution in [1.29, 1.82) is 0 Å². The van der Waals surface area contributed by atoms with Crippen LogP contribution in [-0.2, 0) is 4.79 Å². The lowest BCUT2D eigenvalue weighted by Crippen LogP contribution is -2.17. The minimum Gasteiger partial charge on any atom is -0.461 e. The number of aliphatic hydroxyl groups is 1. The molecule has 0 aromatic heterocycles. The molecule has 2 aromatic rings. The molecule has 0 aliphatic carbocycles. The van der Waals surface area contributed by atoms with Crippen LogP contribution in [0.1, 0.15) is 13.8 Å². The Morgan fingerprint density at radius 1 is 0.818 bits per heavy atom. The van der Waals surface area contributed by atoms with E-state index >= 15 is 0 Å². The van der Waals surface area contributed by atoms with Crippen LogP contribution >= 0.6 is 0 Å². The summed E-state index contributed by atoms with van der Waals surface area (Å²) < 4.78 is 16.8. The van der Waals surface area contributed by atoms with E-state index in [9.17, 15) is 9.90 Å². The SMILES string of the molecule is C=C/C=C(\C=C/C)C(=O)Oc1ccc(Oc2ccc(OC(O)C(/C=C\C)=C/C=C)cc2)cc1. The number of benzene rings is 2. The predicted octanol–water partition coefficient (Wildman–Crippen LogP) is 6.46. The predicted molar refractivity (Wildman–Crippen MR) is 131 cm³/mol. The Morgan fingerprint density at radius 2 is 1.33 bits per heavy atom. The Morgan fingerprint density at radius 3 is 1.85 bits per heavy atom. The molecule has 170 valence electrons. The van der Waals surface area contributed by atoms with Crippen molar-refractivity contribution in [2.75, 3.05) is 0 Å². The second kappa shape index (κ2) is 13.3. The lowest BCUT2D eigenvalue weighted by atomic mass is 10.2. The van der Waals surface area contributed by atoms with E-state index in [-0.39, 0.29) is 0 Å². The number of carbonyl (C=O) groups is 1.